The van der Waals surface area contributed by atoms with Crippen molar-refractivity contribution >= 4 is 21.6 Å². The zero-order valence-electron chi connectivity index (χ0n) is 10.6. The Labute approximate surface area is 120 Å². The normalized spacial score (nSPS) is 10.0. The van der Waals surface area contributed by atoms with E-state index in [2.05, 4.69) is 27.0 Å². The van der Waals surface area contributed by atoms with E-state index in [9.17, 15) is 0 Å². The van der Waals surface area contributed by atoms with E-state index in [1.54, 1.807) is 18.3 Å². The molecule has 2 N–H and O–H groups in total. The molecular formula is C14H12BrN3O. The first-order chi connectivity index (χ1) is 9.02. The van der Waals surface area contributed by atoms with Gasteiger partial charge in [-0.05, 0) is 53.0 Å². The molecule has 0 radical (unpaired) electrons. The Kier molecular flexibility index (Phi) is 3.72. The molecule has 1 heterocycles. The molecule has 2 aromatic rings. The Morgan fingerprint density at radius 2 is 1.84 bits per heavy atom. The smallest absolute Gasteiger partial charge is 0.167 e. The molecule has 0 saturated heterocycles. The summed E-state index contributed by atoms with van der Waals surface area (Å²) in [6, 6.07) is 5.69. The van der Waals surface area contributed by atoms with Crippen molar-refractivity contribution in [1.82, 2.24) is 4.98 Å². The second-order valence-corrected chi connectivity index (χ2v) is 5.05. The van der Waals surface area contributed by atoms with Gasteiger partial charge in [-0.3, -0.25) is 4.98 Å². The van der Waals surface area contributed by atoms with E-state index in [1.807, 2.05) is 13.8 Å². The van der Waals surface area contributed by atoms with E-state index in [0.717, 1.165) is 11.1 Å². The predicted molar refractivity (Wildman–Crippen MR) is 77.1 cm³/mol. The molecule has 4 nitrogen and oxygen atoms in total. The molecule has 1 aromatic carbocycles. The van der Waals surface area contributed by atoms with Gasteiger partial charge >= 0.3 is 0 Å². The van der Waals surface area contributed by atoms with Crippen LogP contribution in [0.4, 0.5) is 5.69 Å². The highest BCUT2D eigenvalue weighted by Crippen LogP contribution is 2.37. The molecule has 0 unspecified atom stereocenters. The second-order valence-electron chi connectivity index (χ2n) is 4.19. The number of nitrogen functional groups attached to an aromatic ring is 1. The average Bonchev–Trinajstić information content (AvgIpc) is 2.36. The first-order valence-corrected chi connectivity index (χ1v) is 6.40. The van der Waals surface area contributed by atoms with Crippen molar-refractivity contribution < 1.29 is 4.74 Å². The monoisotopic (exact) mass is 317 g/mol. The first-order valence-electron chi connectivity index (χ1n) is 5.61. The summed E-state index contributed by atoms with van der Waals surface area (Å²) in [5, 5.41) is 8.93. The number of nitriles is 1. The number of anilines is 1. The SMILES string of the molecule is Cc1cc(C#N)cc(C)c1Oc1c(N)cncc1Br. The van der Waals surface area contributed by atoms with Crippen LogP contribution in [0.3, 0.4) is 0 Å². The summed E-state index contributed by atoms with van der Waals surface area (Å²) >= 11 is 3.36. The summed E-state index contributed by atoms with van der Waals surface area (Å²) in [4.78, 5) is 3.96. The molecule has 2 rings (SSSR count). The van der Waals surface area contributed by atoms with Crippen LogP contribution in [0.1, 0.15) is 16.7 Å². The quantitative estimate of drug-likeness (QED) is 0.916. The maximum Gasteiger partial charge on any atom is 0.167 e. The lowest BCUT2D eigenvalue weighted by molar-refractivity contribution is 0.473. The Bertz CT molecular complexity index is 634. The van der Waals surface area contributed by atoms with Crippen LogP contribution in [0.15, 0.2) is 29.0 Å². The van der Waals surface area contributed by atoms with Crippen molar-refractivity contribution in [2.75, 3.05) is 5.73 Å². The number of benzene rings is 1. The first kappa shape index (κ1) is 13.4. The lowest BCUT2D eigenvalue weighted by Gasteiger charge is -2.14. The molecule has 1 aromatic heterocycles. The van der Waals surface area contributed by atoms with Crippen molar-refractivity contribution in [2.45, 2.75) is 13.8 Å². The van der Waals surface area contributed by atoms with Crippen LogP contribution in [0.25, 0.3) is 0 Å². The van der Waals surface area contributed by atoms with Crippen LogP contribution in [-0.4, -0.2) is 4.98 Å². The van der Waals surface area contributed by atoms with Gasteiger partial charge in [0.25, 0.3) is 0 Å². The fourth-order valence-electron chi connectivity index (χ4n) is 1.82. The minimum Gasteiger partial charge on any atom is -0.453 e. The van der Waals surface area contributed by atoms with Crippen LogP contribution >= 0.6 is 15.9 Å². The number of pyridine rings is 1. The van der Waals surface area contributed by atoms with Crippen molar-refractivity contribution in [1.29, 1.82) is 5.26 Å². The van der Waals surface area contributed by atoms with Gasteiger partial charge in [-0.1, -0.05) is 0 Å². The standard InChI is InChI=1S/C14H12BrN3O/c1-8-3-10(5-16)4-9(2)13(8)19-14-11(15)6-18-7-12(14)17/h3-4,6-7H,17H2,1-2H3. The van der Waals surface area contributed by atoms with Crippen LogP contribution in [0, 0.1) is 25.2 Å². The van der Waals surface area contributed by atoms with Gasteiger partial charge in [0, 0.05) is 6.20 Å². The van der Waals surface area contributed by atoms with Crippen molar-refractivity contribution in [3.8, 4) is 17.6 Å². The molecule has 0 spiro atoms. The van der Waals surface area contributed by atoms with E-state index in [0.29, 0.717) is 27.2 Å². The predicted octanol–water partition coefficient (Wildman–Crippen LogP) is 3.71. The van der Waals surface area contributed by atoms with Gasteiger partial charge in [0.1, 0.15) is 5.75 Å². The number of aromatic nitrogens is 1. The molecular weight excluding hydrogens is 306 g/mol. The Balaban J connectivity index is 2.48. The third kappa shape index (κ3) is 2.69. The van der Waals surface area contributed by atoms with Crippen molar-refractivity contribution in [3.63, 3.8) is 0 Å². The lowest BCUT2D eigenvalue weighted by Crippen LogP contribution is -1.97. The molecule has 0 aliphatic heterocycles. The molecule has 0 fully saturated rings. The van der Waals surface area contributed by atoms with Gasteiger partial charge in [-0.15, -0.1) is 0 Å². The fourth-order valence-corrected chi connectivity index (χ4v) is 2.25. The zero-order chi connectivity index (χ0) is 14.0. The fraction of sp³-hybridized carbons (Fsp3) is 0.143. The summed E-state index contributed by atoms with van der Waals surface area (Å²) in [6.45, 7) is 3.79. The zero-order valence-corrected chi connectivity index (χ0v) is 12.2. The molecule has 0 aliphatic rings. The van der Waals surface area contributed by atoms with Gasteiger partial charge in [-0.25, -0.2) is 0 Å². The van der Waals surface area contributed by atoms with E-state index < -0.39 is 0 Å². The molecule has 0 atom stereocenters. The highest BCUT2D eigenvalue weighted by atomic mass is 79.9. The minimum absolute atomic E-state index is 0.456. The minimum atomic E-state index is 0.456. The topological polar surface area (TPSA) is 71.9 Å². The van der Waals surface area contributed by atoms with Gasteiger partial charge in [0.05, 0.1) is 28.0 Å². The summed E-state index contributed by atoms with van der Waals surface area (Å²) in [7, 11) is 0. The van der Waals surface area contributed by atoms with Gasteiger partial charge in [-0.2, -0.15) is 5.26 Å². The van der Waals surface area contributed by atoms with Crippen molar-refractivity contribution in [2.24, 2.45) is 0 Å². The number of hydrogen-bond donors (Lipinski definition) is 1. The Morgan fingerprint density at radius 1 is 1.21 bits per heavy atom. The number of rotatable bonds is 2. The number of aryl methyl sites for hydroxylation is 2. The van der Waals surface area contributed by atoms with E-state index in [1.165, 1.54) is 6.20 Å². The highest BCUT2D eigenvalue weighted by Gasteiger charge is 2.12. The molecule has 0 saturated carbocycles. The van der Waals surface area contributed by atoms with E-state index >= 15 is 0 Å². The van der Waals surface area contributed by atoms with Crippen LogP contribution in [-0.2, 0) is 0 Å². The van der Waals surface area contributed by atoms with E-state index in [-0.39, 0.29) is 0 Å². The second kappa shape index (κ2) is 5.29. The molecule has 0 bridgehead atoms. The number of hydrogen-bond acceptors (Lipinski definition) is 4. The van der Waals surface area contributed by atoms with Gasteiger partial charge in [0.2, 0.25) is 0 Å². The number of nitrogens with two attached hydrogens (primary N) is 1. The van der Waals surface area contributed by atoms with E-state index in [4.69, 9.17) is 15.7 Å². The highest BCUT2D eigenvalue weighted by molar-refractivity contribution is 9.10. The third-order valence-corrected chi connectivity index (χ3v) is 3.24. The number of halogens is 1. The molecule has 5 heteroatoms. The van der Waals surface area contributed by atoms with Crippen molar-refractivity contribution in [3.05, 3.63) is 45.7 Å². The Morgan fingerprint density at radius 3 is 2.37 bits per heavy atom. The maximum atomic E-state index is 8.93. The maximum absolute atomic E-state index is 8.93. The third-order valence-electron chi connectivity index (χ3n) is 2.67. The number of ether oxygens (including phenoxy) is 1. The Hall–Kier alpha value is -2.06. The summed E-state index contributed by atoms with van der Waals surface area (Å²) in [5.74, 6) is 1.24. The summed E-state index contributed by atoms with van der Waals surface area (Å²) in [5.41, 5.74) is 8.70. The summed E-state index contributed by atoms with van der Waals surface area (Å²) in [6.07, 6.45) is 3.16. The van der Waals surface area contributed by atoms with Gasteiger partial charge in [0.15, 0.2) is 5.75 Å². The lowest BCUT2D eigenvalue weighted by atomic mass is 10.1. The van der Waals surface area contributed by atoms with Crippen LogP contribution < -0.4 is 10.5 Å². The van der Waals surface area contributed by atoms with Gasteiger partial charge < -0.3 is 10.5 Å². The number of nitrogens with zero attached hydrogens (tertiary/aromatic N) is 2. The molecule has 96 valence electrons. The largest absolute Gasteiger partial charge is 0.453 e. The summed E-state index contributed by atoms with van der Waals surface area (Å²) < 4.78 is 6.57. The molecule has 0 aliphatic carbocycles. The van der Waals surface area contributed by atoms with Crippen LogP contribution in [0.2, 0.25) is 0 Å². The van der Waals surface area contributed by atoms with Crippen LogP contribution in [0.5, 0.6) is 11.5 Å². The average molecular weight is 318 g/mol. The molecule has 0 amide bonds. The molecule has 19 heavy (non-hydrogen) atoms.